The number of nitrogens with one attached hydrogen (secondary N) is 2. The van der Waals surface area contributed by atoms with Gasteiger partial charge in [0.25, 0.3) is 0 Å². The van der Waals surface area contributed by atoms with Gasteiger partial charge in [0.15, 0.2) is 0 Å². The minimum absolute atomic E-state index is 0.0183. The molecule has 2 aliphatic heterocycles. The first kappa shape index (κ1) is 10.1. The second-order valence-electron chi connectivity index (χ2n) is 5.49. The quantitative estimate of drug-likeness (QED) is 0.634. The molecule has 1 aliphatic carbocycles. The SMILES string of the molecule is C1CCC2(CC1)CCOC1(CCNC1)N2. The van der Waals surface area contributed by atoms with Crippen molar-refractivity contribution in [1.29, 1.82) is 0 Å². The minimum atomic E-state index is -0.0183. The van der Waals surface area contributed by atoms with Crippen LogP contribution in [0.25, 0.3) is 0 Å². The number of rotatable bonds is 0. The first-order chi connectivity index (χ1) is 7.33. The lowest BCUT2D eigenvalue weighted by molar-refractivity contribution is -0.126. The average Bonchev–Trinajstić information content (AvgIpc) is 2.67. The predicted octanol–water partition coefficient (Wildman–Crippen LogP) is 1.39. The molecule has 1 saturated carbocycles. The highest BCUT2D eigenvalue weighted by atomic mass is 16.5. The molecular formula is C12H22N2O. The molecule has 3 fully saturated rings. The highest BCUT2D eigenvalue weighted by molar-refractivity contribution is 5.01. The lowest BCUT2D eigenvalue weighted by atomic mass is 9.77. The van der Waals surface area contributed by atoms with Crippen LogP contribution < -0.4 is 10.6 Å². The fraction of sp³-hybridized carbons (Fsp3) is 1.00. The van der Waals surface area contributed by atoms with E-state index in [1.165, 1.54) is 38.5 Å². The van der Waals surface area contributed by atoms with Crippen molar-refractivity contribution in [2.45, 2.75) is 56.2 Å². The lowest BCUT2D eigenvalue weighted by Gasteiger charge is -2.49. The largest absolute Gasteiger partial charge is 0.359 e. The molecule has 0 bridgehead atoms. The third kappa shape index (κ3) is 1.81. The van der Waals surface area contributed by atoms with Crippen molar-refractivity contribution in [3.8, 4) is 0 Å². The highest BCUT2D eigenvalue weighted by Gasteiger charge is 2.46. The molecule has 3 rings (SSSR count). The summed E-state index contributed by atoms with van der Waals surface area (Å²) in [7, 11) is 0. The van der Waals surface area contributed by atoms with Crippen LogP contribution in [0.2, 0.25) is 0 Å². The van der Waals surface area contributed by atoms with Gasteiger partial charge >= 0.3 is 0 Å². The summed E-state index contributed by atoms with van der Waals surface area (Å²) in [5.41, 5.74) is 0.401. The van der Waals surface area contributed by atoms with Crippen LogP contribution in [0.1, 0.15) is 44.9 Å². The Bertz CT molecular complexity index is 224. The first-order valence-electron chi connectivity index (χ1n) is 6.47. The third-order valence-corrected chi connectivity index (χ3v) is 4.38. The van der Waals surface area contributed by atoms with Crippen LogP contribution in [0.15, 0.2) is 0 Å². The second-order valence-corrected chi connectivity index (χ2v) is 5.49. The summed E-state index contributed by atoms with van der Waals surface area (Å²) in [6.45, 7) is 3.05. The fourth-order valence-electron chi connectivity index (χ4n) is 3.53. The molecule has 0 aromatic rings. The van der Waals surface area contributed by atoms with E-state index >= 15 is 0 Å². The molecule has 0 amide bonds. The topological polar surface area (TPSA) is 33.3 Å². The van der Waals surface area contributed by atoms with E-state index in [1.807, 2.05) is 0 Å². The summed E-state index contributed by atoms with van der Waals surface area (Å²) in [5, 5.41) is 7.28. The van der Waals surface area contributed by atoms with Crippen LogP contribution in [0.5, 0.6) is 0 Å². The molecule has 0 aromatic carbocycles. The number of hydrogen-bond donors (Lipinski definition) is 2. The zero-order chi connectivity index (χ0) is 10.2. The van der Waals surface area contributed by atoms with Gasteiger partial charge in [-0.15, -0.1) is 0 Å². The molecule has 1 unspecified atom stereocenters. The average molecular weight is 210 g/mol. The van der Waals surface area contributed by atoms with E-state index < -0.39 is 0 Å². The Balaban J connectivity index is 1.74. The van der Waals surface area contributed by atoms with Gasteiger partial charge in [0.05, 0.1) is 6.61 Å². The monoisotopic (exact) mass is 210 g/mol. The van der Waals surface area contributed by atoms with Gasteiger partial charge in [-0.2, -0.15) is 0 Å². The Morgan fingerprint density at radius 3 is 2.53 bits per heavy atom. The molecule has 2 N–H and O–H groups in total. The van der Waals surface area contributed by atoms with Crippen LogP contribution in [0.4, 0.5) is 0 Å². The fourth-order valence-corrected chi connectivity index (χ4v) is 3.53. The number of ether oxygens (including phenoxy) is 1. The van der Waals surface area contributed by atoms with E-state index in [2.05, 4.69) is 10.6 Å². The molecule has 3 nitrogen and oxygen atoms in total. The van der Waals surface area contributed by atoms with E-state index in [0.717, 1.165) is 26.1 Å². The van der Waals surface area contributed by atoms with Gasteiger partial charge in [-0.1, -0.05) is 19.3 Å². The Morgan fingerprint density at radius 2 is 1.80 bits per heavy atom. The van der Waals surface area contributed by atoms with Gasteiger partial charge in [-0.25, -0.2) is 0 Å². The molecule has 0 radical (unpaired) electrons. The summed E-state index contributed by atoms with van der Waals surface area (Å²) in [5.74, 6) is 0. The predicted molar refractivity (Wildman–Crippen MR) is 59.7 cm³/mol. The van der Waals surface area contributed by atoms with E-state index in [0.29, 0.717) is 5.54 Å². The van der Waals surface area contributed by atoms with Gasteiger partial charge < -0.3 is 10.1 Å². The van der Waals surface area contributed by atoms with Gasteiger partial charge in [0.2, 0.25) is 0 Å². The maximum atomic E-state index is 5.98. The highest BCUT2D eigenvalue weighted by Crippen LogP contribution is 2.37. The summed E-state index contributed by atoms with van der Waals surface area (Å²) < 4.78 is 5.98. The van der Waals surface area contributed by atoms with E-state index in [-0.39, 0.29) is 5.72 Å². The van der Waals surface area contributed by atoms with Crippen LogP contribution in [-0.4, -0.2) is 31.0 Å². The van der Waals surface area contributed by atoms with Gasteiger partial charge in [-0.05, 0) is 25.8 Å². The summed E-state index contributed by atoms with van der Waals surface area (Å²) in [4.78, 5) is 0. The van der Waals surface area contributed by atoms with Crippen molar-refractivity contribution in [3.63, 3.8) is 0 Å². The van der Waals surface area contributed by atoms with Gasteiger partial charge in [0, 0.05) is 18.5 Å². The maximum absolute atomic E-state index is 5.98. The molecule has 15 heavy (non-hydrogen) atoms. The molecule has 2 heterocycles. The van der Waals surface area contributed by atoms with Crippen LogP contribution in [0, 0.1) is 0 Å². The molecule has 2 spiro atoms. The van der Waals surface area contributed by atoms with Crippen molar-refractivity contribution in [2.75, 3.05) is 19.7 Å². The smallest absolute Gasteiger partial charge is 0.133 e. The molecule has 1 atom stereocenters. The van der Waals surface area contributed by atoms with Crippen LogP contribution >= 0.6 is 0 Å². The Labute approximate surface area is 91.9 Å². The standard InChI is InChI=1S/C12H22N2O/c1-2-4-11(5-3-1)7-9-15-12(14-11)6-8-13-10-12/h13-14H,1-10H2. The second kappa shape index (κ2) is 3.72. The van der Waals surface area contributed by atoms with Crippen molar-refractivity contribution >= 4 is 0 Å². The zero-order valence-electron chi connectivity index (χ0n) is 9.48. The zero-order valence-corrected chi connectivity index (χ0v) is 9.48. The third-order valence-electron chi connectivity index (χ3n) is 4.38. The summed E-state index contributed by atoms with van der Waals surface area (Å²) in [6.07, 6.45) is 9.29. The molecule has 2 saturated heterocycles. The Morgan fingerprint density at radius 1 is 0.933 bits per heavy atom. The van der Waals surface area contributed by atoms with Crippen LogP contribution in [0.3, 0.4) is 0 Å². The molecular weight excluding hydrogens is 188 g/mol. The molecule has 0 aromatic heterocycles. The molecule has 86 valence electrons. The van der Waals surface area contributed by atoms with Gasteiger partial charge in [0.1, 0.15) is 5.72 Å². The minimum Gasteiger partial charge on any atom is -0.359 e. The normalized spacial score (nSPS) is 40.0. The van der Waals surface area contributed by atoms with Crippen molar-refractivity contribution in [3.05, 3.63) is 0 Å². The Kier molecular flexibility index (Phi) is 2.49. The van der Waals surface area contributed by atoms with Crippen LogP contribution in [-0.2, 0) is 4.74 Å². The van der Waals surface area contributed by atoms with Crippen molar-refractivity contribution in [2.24, 2.45) is 0 Å². The van der Waals surface area contributed by atoms with E-state index in [9.17, 15) is 0 Å². The van der Waals surface area contributed by atoms with Crippen molar-refractivity contribution in [1.82, 2.24) is 10.6 Å². The maximum Gasteiger partial charge on any atom is 0.133 e. The van der Waals surface area contributed by atoms with Gasteiger partial charge in [-0.3, -0.25) is 5.32 Å². The van der Waals surface area contributed by atoms with Crippen molar-refractivity contribution < 1.29 is 4.74 Å². The summed E-state index contributed by atoms with van der Waals surface area (Å²) >= 11 is 0. The molecule has 3 heteroatoms. The van der Waals surface area contributed by atoms with E-state index in [4.69, 9.17) is 4.74 Å². The first-order valence-corrected chi connectivity index (χ1v) is 6.47. The van der Waals surface area contributed by atoms with E-state index in [1.54, 1.807) is 0 Å². The molecule has 3 aliphatic rings. The summed E-state index contributed by atoms with van der Waals surface area (Å²) in [6, 6.07) is 0. The number of hydrogen-bond acceptors (Lipinski definition) is 3. The lowest BCUT2D eigenvalue weighted by Crippen LogP contribution is -2.65. The Hall–Kier alpha value is -0.120.